The highest BCUT2D eigenvalue weighted by Crippen LogP contribution is 2.33. The van der Waals surface area contributed by atoms with Crippen LogP contribution >= 0.6 is 11.8 Å². The van der Waals surface area contributed by atoms with Gasteiger partial charge < -0.3 is 0 Å². The maximum Gasteiger partial charge on any atom is 0.00498 e. The van der Waals surface area contributed by atoms with Gasteiger partial charge in [-0.15, -0.1) is 0 Å². The van der Waals surface area contributed by atoms with Crippen molar-refractivity contribution in [2.45, 2.75) is 63.4 Å². The van der Waals surface area contributed by atoms with Gasteiger partial charge >= 0.3 is 0 Å². The maximum absolute atomic E-state index is 2.38. The molecule has 0 aromatic heterocycles. The standard InChI is InChI=1S/C11H22S/c1-9(2)10(3)12-11-7-5-4-6-8-11/h9-11H,4-8H2,1-3H3. The van der Waals surface area contributed by atoms with Crippen LogP contribution in [0.2, 0.25) is 0 Å². The molecule has 1 unspecified atom stereocenters. The van der Waals surface area contributed by atoms with E-state index in [1.165, 1.54) is 32.1 Å². The van der Waals surface area contributed by atoms with E-state index in [1.807, 2.05) is 0 Å². The van der Waals surface area contributed by atoms with Gasteiger partial charge in [-0.3, -0.25) is 0 Å². The van der Waals surface area contributed by atoms with Crippen LogP contribution in [0.1, 0.15) is 52.9 Å². The van der Waals surface area contributed by atoms with Crippen molar-refractivity contribution in [3.05, 3.63) is 0 Å². The van der Waals surface area contributed by atoms with Crippen molar-refractivity contribution in [3.8, 4) is 0 Å². The Morgan fingerprint density at radius 3 is 2.08 bits per heavy atom. The van der Waals surface area contributed by atoms with Gasteiger partial charge in [0.05, 0.1) is 0 Å². The van der Waals surface area contributed by atoms with Crippen LogP contribution in [-0.4, -0.2) is 10.5 Å². The highest BCUT2D eigenvalue weighted by Gasteiger charge is 2.18. The molecule has 1 fully saturated rings. The lowest BCUT2D eigenvalue weighted by molar-refractivity contribution is 0.512. The zero-order valence-electron chi connectivity index (χ0n) is 8.68. The number of thioether (sulfide) groups is 1. The summed E-state index contributed by atoms with van der Waals surface area (Å²) in [7, 11) is 0. The molecule has 0 aromatic carbocycles. The van der Waals surface area contributed by atoms with Crippen molar-refractivity contribution < 1.29 is 0 Å². The van der Waals surface area contributed by atoms with Gasteiger partial charge in [-0.05, 0) is 18.8 Å². The normalized spacial score (nSPS) is 23.0. The molecule has 1 atom stereocenters. The smallest absolute Gasteiger partial charge is 0.00498 e. The predicted octanol–water partition coefficient (Wildman–Crippen LogP) is 4.10. The van der Waals surface area contributed by atoms with E-state index in [1.54, 1.807) is 0 Å². The van der Waals surface area contributed by atoms with E-state index in [-0.39, 0.29) is 0 Å². The first-order chi connectivity index (χ1) is 5.70. The lowest BCUT2D eigenvalue weighted by Gasteiger charge is -2.25. The molecule has 0 aromatic rings. The Morgan fingerprint density at radius 2 is 1.58 bits per heavy atom. The van der Waals surface area contributed by atoms with E-state index >= 15 is 0 Å². The van der Waals surface area contributed by atoms with E-state index < -0.39 is 0 Å². The summed E-state index contributed by atoms with van der Waals surface area (Å²) in [5.41, 5.74) is 0. The van der Waals surface area contributed by atoms with E-state index in [0.717, 1.165) is 16.4 Å². The van der Waals surface area contributed by atoms with Gasteiger partial charge in [0.2, 0.25) is 0 Å². The minimum absolute atomic E-state index is 0.844. The SMILES string of the molecule is CC(C)C(C)SC1CCCCC1. The van der Waals surface area contributed by atoms with Crippen LogP contribution in [0.4, 0.5) is 0 Å². The minimum atomic E-state index is 0.844. The fourth-order valence-electron chi connectivity index (χ4n) is 1.66. The molecule has 0 bridgehead atoms. The Hall–Kier alpha value is 0.350. The van der Waals surface area contributed by atoms with E-state index in [4.69, 9.17) is 0 Å². The Morgan fingerprint density at radius 1 is 1.00 bits per heavy atom. The molecule has 1 saturated carbocycles. The molecule has 0 aliphatic heterocycles. The second-order valence-electron chi connectivity index (χ2n) is 4.35. The monoisotopic (exact) mass is 186 g/mol. The lowest BCUT2D eigenvalue weighted by atomic mass is 10.0. The van der Waals surface area contributed by atoms with Crippen molar-refractivity contribution in [2.24, 2.45) is 5.92 Å². The summed E-state index contributed by atoms with van der Waals surface area (Å²) in [6.45, 7) is 7.05. The number of hydrogen-bond donors (Lipinski definition) is 0. The van der Waals surface area contributed by atoms with Gasteiger partial charge in [0.1, 0.15) is 0 Å². The van der Waals surface area contributed by atoms with Crippen molar-refractivity contribution in [1.29, 1.82) is 0 Å². The molecule has 1 rings (SSSR count). The van der Waals surface area contributed by atoms with Gasteiger partial charge in [-0.2, -0.15) is 11.8 Å². The van der Waals surface area contributed by atoms with Crippen LogP contribution in [0.3, 0.4) is 0 Å². The first-order valence-electron chi connectivity index (χ1n) is 5.35. The third-order valence-corrected chi connectivity index (χ3v) is 4.73. The van der Waals surface area contributed by atoms with E-state index in [0.29, 0.717) is 0 Å². The summed E-state index contributed by atoms with van der Waals surface area (Å²) in [6.07, 6.45) is 7.38. The van der Waals surface area contributed by atoms with Gasteiger partial charge in [-0.1, -0.05) is 40.0 Å². The van der Waals surface area contributed by atoms with Crippen LogP contribution in [-0.2, 0) is 0 Å². The molecule has 12 heavy (non-hydrogen) atoms. The van der Waals surface area contributed by atoms with Gasteiger partial charge in [0.15, 0.2) is 0 Å². The van der Waals surface area contributed by atoms with Crippen LogP contribution in [0.25, 0.3) is 0 Å². The molecular weight excluding hydrogens is 164 g/mol. The Kier molecular flexibility index (Phi) is 4.49. The fourth-order valence-corrected chi connectivity index (χ4v) is 3.19. The molecule has 1 aliphatic rings. The third-order valence-electron chi connectivity index (χ3n) is 2.90. The van der Waals surface area contributed by atoms with Crippen molar-refractivity contribution in [3.63, 3.8) is 0 Å². The molecule has 1 heteroatoms. The molecule has 0 N–H and O–H groups in total. The summed E-state index contributed by atoms with van der Waals surface area (Å²) in [5.74, 6) is 0.844. The van der Waals surface area contributed by atoms with Crippen LogP contribution in [0.15, 0.2) is 0 Å². The molecule has 0 spiro atoms. The summed E-state index contributed by atoms with van der Waals surface area (Å²) in [5, 5.41) is 1.84. The van der Waals surface area contributed by atoms with Gasteiger partial charge in [0, 0.05) is 10.5 Å². The first-order valence-corrected chi connectivity index (χ1v) is 6.30. The Labute approximate surface area is 81.5 Å². The summed E-state index contributed by atoms with van der Waals surface area (Å²) < 4.78 is 0. The third kappa shape index (κ3) is 3.38. The molecule has 1 aliphatic carbocycles. The van der Waals surface area contributed by atoms with Crippen LogP contribution < -0.4 is 0 Å². The highest BCUT2D eigenvalue weighted by atomic mass is 32.2. The quantitative estimate of drug-likeness (QED) is 0.639. The zero-order chi connectivity index (χ0) is 8.97. The summed E-state index contributed by atoms with van der Waals surface area (Å²) in [4.78, 5) is 0. The summed E-state index contributed by atoms with van der Waals surface area (Å²) >= 11 is 2.23. The van der Waals surface area contributed by atoms with Gasteiger partial charge in [-0.25, -0.2) is 0 Å². The molecule has 72 valence electrons. The lowest BCUT2D eigenvalue weighted by Crippen LogP contribution is -2.15. The van der Waals surface area contributed by atoms with Gasteiger partial charge in [0.25, 0.3) is 0 Å². The van der Waals surface area contributed by atoms with E-state index in [2.05, 4.69) is 32.5 Å². The largest absolute Gasteiger partial charge is 0.155 e. The second kappa shape index (κ2) is 5.16. The van der Waals surface area contributed by atoms with Crippen LogP contribution in [0, 0.1) is 5.92 Å². The van der Waals surface area contributed by atoms with Crippen molar-refractivity contribution >= 4 is 11.8 Å². The van der Waals surface area contributed by atoms with Crippen molar-refractivity contribution in [1.82, 2.24) is 0 Å². The molecular formula is C11H22S. The molecule has 0 nitrogen and oxygen atoms in total. The summed E-state index contributed by atoms with van der Waals surface area (Å²) in [6, 6.07) is 0. The average Bonchev–Trinajstić information content (AvgIpc) is 2.06. The van der Waals surface area contributed by atoms with Crippen LogP contribution in [0.5, 0.6) is 0 Å². The molecule has 0 saturated heterocycles. The predicted molar refractivity (Wildman–Crippen MR) is 58.8 cm³/mol. The molecule has 0 heterocycles. The number of hydrogen-bond acceptors (Lipinski definition) is 1. The highest BCUT2D eigenvalue weighted by molar-refractivity contribution is 8.00. The average molecular weight is 186 g/mol. The number of rotatable bonds is 3. The minimum Gasteiger partial charge on any atom is -0.155 e. The first kappa shape index (κ1) is 10.4. The topological polar surface area (TPSA) is 0 Å². The zero-order valence-corrected chi connectivity index (χ0v) is 9.49. The maximum atomic E-state index is 2.38. The molecule has 0 amide bonds. The molecule has 0 radical (unpaired) electrons. The Balaban J connectivity index is 2.20. The van der Waals surface area contributed by atoms with Crippen molar-refractivity contribution in [2.75, 3.05) is 0 Å². The van der Waals surface area contributed by atoms with E-state index in [9.17, 15) is 0 Å². The Bertz CT molecular complexity index is 114. The fraction of sp³-hybridized carbons (Fsp3) is 1.00. The second-order valence-corrected chi connectivity index (χ2v) is 6.03.